The molecule has 9 nitrogen and oxygen atoms in total. The summed E-state index contributed by atoms with van der Waals surface area (Å²) in [6, 6.07) is -0.746. The van der Waals surface area contributed by atoms with Gasteiger partial charge in [-0.3, -0.25) is 0 Å². The first-order valence-electron chi connectivity index (χ1n) is 9.75. The molecule has 0 saturated carbocycles. The van der Waals surface area contributed by atoms with Crippen LogP contribution in [0.5, 0.6) is 0 Å². The summed E-state index contributed by atoms with van der Waals surface area (Å²) in [4.78, 5) is 10.8. The Labute approximate surface area is 165 Å². The van der Waals surface area contributed by atoms with Crippen molar-refractivity contribution >= 4 is 23.6 Å². The minimum Gasteiger partial charge on any atom is -0.372 e. The first-order chi connectivity index (χ1) is 12.8. The van der Waals surface area contributed by atoms with Gasteiger partial charge in [0.2, 0.25) is 0 Å². The molecule has 0 heterocycles. The molecule has 0 spiro atoms. The molecule has 162 valence electrons. The highest BCUT2D eigenvalue weighted by Crippen LogP contribution is 2.38. The van der Waals surface area contributed by atoms with Gasteiger partial charge < -0.3 is 37.6 Å². The second kappa shape index (κ2) is 12.8. The van der Waals surface area contributed by atoms with Gasteiger partial charge in [0, 0.05) is 39.6 Å². The predicted molar refractivity (Wildman–Crippen MR) is 107 cm³/mol. The third-order valence-electron chi connectivity index (χ3n) is 3.92. The number of urea groups is 1. The summed E-state index contributed by atoms with van der Waals surface area (Å²) in [6.07, 6.45) is 0.342. The molecule has 0 bridgehead atoms. The van der Waals surface area contributed by atoms with Crippen LogP contribution >= 0.6 is 0 Å². The monoisotopic (exact) mass is 426 g/mol. The largest absolute Gasteiger partial charge is 0.532 e. The van der Waals surface area contributed by atoms with E-state index in [0.29, 0.717) is 46.1 Å². The first-order valence-corrected chi connectivity index (χ1v) is 13.2. The van der Waals surface area contributed by atoms with E-state index in [1.54, 1.807) is 0 Å². The molecule has 0 aromatic heterocycles. The van der Waals surface area contributed by atoms with Crippen molar-refractivity contribution in [2.75, 3.05) is 39.6 Å². The maximum absolute atomic E-state index is 12.1. The zero-order valence-corrected chi connectivity index (χ0v) is 19.9. The fraction of sp³-hybridized carbons (Fsp3) is 0.938. The van der Waals surface area contributed by atoms with Crippen LogP contribution in [-0.2, 0) is 26.6 Å². The molecule has 0 rings (SSSR count). The second-order valence-corrected chi connectivity index (χ2v) is 11.6. The molecule has 0 fully saturated rings. The van der Waals surface area contributed by atoms with E-state index in [4.69, 9.17) is 32.3 Å². The molecule has 0 aromatic rings. The minimum absolute atomic E-state index is 0.323. The zero-order valence-electron chi connectivity index (χ0n) is 17.9. The highest BCUT2D eigenvalue weighted by atomic mass is 28.5. The number of primary amides is 1. The van der Waals surface area contributed by atoms with Crippen molar-refractivity contribution in [2.45, 2.75) is 59.7 Å². The zero-order chi connectivity index (χ0) is 21.0. The Bertz CT molecular complexity index is 370. The van der Waals surface area contributed by atoms with E-state index >= 15 is 0 Å². The predicted octanol–water partition coefficient (Wildman–Crippen LogP) is 1.98. The van der Waals surface area contributed by atoms with Crippen LogP contribution in [-0.4, -0.2) is 68.1 Å². The van der Waals surface area contributed by atoms with Gasteiger partial charge in [0.15, 0.2) is 4.79 Å². The molecular weight excluding hydrogens is 388 g/mol. The summed E-state index contributed by atoms with van der Waals surface area (Å²) in [6.45, 7) is 14.9. The lowest BCUT2D eigenvalue weighted by Crippen LogP contribution is -2.86. The standard InChI is InChI=1S/C16H38N2O7Si2/c1-8-16(18-15(17)19,26(20-9-2,21-10-3)22-11-4)27(23-12-5,24-13-6)25-14-7/h8-14H2,1-7H3,(H3,17,18,19). The summed E-state index contributed by atoms with van der Waals surface area (Å²) in [5, 5.41) is 2.85. The number of hydrogen-bond donors (Lipinski definition) is 2. The van der Waals surface area contributed by atoms with E-state index in [-0.39, 0.29) is 0 Å². The van der Waals surface area contributed by atoms with Crippen molar-refractivity contribution in [3.8, 4) is 0 Å². The molecule has 0 unspecified atom stereocenters. The van der Waals surface area contributed by atoms with Crippen LogP contribution in [0.1, 0.15) is 54.9 Å². The average Bonchev–Trinajstić information content (AvgIpc) is 2.60. The molecule has 0 aliphatic heterocycles. The van der Waals surface area contributed by atoms with Crippen LogP contribution in [0.15, 0.2) is 0 Å². The van der Waals surface area contributed by atoms with Crippen LogP contribution in [0.4, 0.5) is 4.79 Å². The van der Waals surface area contributed by atoms with E-state index in [2.05, 4.69) is 5.32 Å². The Morgan fingerprint density at radius 2 is 0.963 bits per heavy atom. The van der Waals surface area contributed by atoms with Crippen LogP contribution < -0.4 is 11.1 Å². The number of rotatable bonds is 16. The van der Waals surface area contributed by atoms with Gasteiger partial charge in [0.05, 0.1) is 0 Å². The summed E-state index contributed by atoms with van der Waals surface area (Å²) >= 11 is 0. The highest BCUT2D eigenvalue weighted by molar-refractivity contribution is 6.85. The van der Waals surface area contributed by atoms with Crippen molar-refractivity contribution in [3.63, 3.8) is 0 Å². The van der Waals surface area contributed by atoms with Crippen molar-refractivity contribution in [2.24, 2.45) is 5.73 Å². The Balaban J connectivity index is 6.89. The topological polar surface area (TPSA) is 111 Å². The molecule has 0 atom stereocenters. The highest BCUT2D eigenvalue weighted by Gasteiger charge is 2.77. The average molecular weight is 427 g/mol. The van der Waals surface area contributed by atoms with Gasteiger partial charge in [0.25, 0.3) is 0 Å². The number of nitrogens with one attached hydrogen (secondary N) is 1. The molecule has 0 aliphatic rings. The fourth-order valence-electron chi connectivity index (χ4n) is 3.20. The molecular formula is C16H38N2O7Si2. The third kappa shape index (κ3) is 5.73. The Morgan fingerprint density at radius 1 is 0.704 bits per heavy atom. The maximum Gasteiger partial charge on any atom is 0.532 e. The van der Waals surface area contributed by atoms with Crippen LogP contribution in [0.3, 0.4) is 0 Å². The van der Waals surface area contributed by atoms with Gasteiger partial charge in [0.1, 0.15) is 0 Å². The number of carbonyl (C=O) groups is 1. The Morgan fingerprint density at radius 3 is 1.11 bits per heavy atom. The lowest BCUT2D eigenvalue weighted by atomic mass is 10.4. The maximum atomic E-state index is 12.1. The number of carbonyl (C=O) groups excluding carboxylic acids is 1. The molecule has 0 radical (unpaired) electrons. The molecule has 27 heavy (non-hydrogen) atoms. The van der Waals surface area contributed by atoms with Crippen molar-refractivity contribution in [1.82, 2.24) is 5.32 Å². The quantitative estimate of drug-likeness (QED) is 0.363. The number of nitrogens with two attached hydrogens (primary N) is 1. The second-order valence-electron chi connectivity index (χ2n) is 5.46. The summed E-state index contributed by atoms with van der Waals surface area (Å²) < 4.78 is 36.8. The van der Waals surface area contributed by atoms with E-state index in [0.717, 1.165) is 0 Å². The third-order valence-corrected chi connectivity index (χ3v) is 12.8. The van der Waals surface area contributed by atoms with E-state index in [1.807, 2.05) is 48.5 Å². The molecule has 0 saturated heterocycles. The van der Waals surface area contributed by atoms with Crippen molar-refractivity contribution in [3.05, 3.63) is 0 Å². The van der Waals surface area contributed by atoms with Crippen LogP contribution in [0.2, 0.25) is 0 Å². The summed E-state index contributed by atoms with van der Waals surface area (Å²) in [7, 11) is -7.22. The smallest absolute Gasteiger partial charge is 0.372 e. The van der Waals surface area contributed by atoms with Gasteiger partial charge in [-0.1, -0.05) is 6.92 Å². The minimum atomic E-state index is -3.61. The fourth-order valence-corrected chi connectivity index (χ4v) is 11.7. The van der Waals surface area contributed by atoms with Crippen molar-refractivity contribution in [1.29, 1.82) is 0 Å². The van der Waals surface area contributed by atoms with E-state index in [1.165, 1.54) is 0 Å². The molecule has 2 amide bonds. The van der Waals surface area contributed by atoms with Gasteiger partial charge in [-0.15, -0.1) is 0 Å². The SMILES string of the molecule is CCO[Si](OCC)(OCC)C(CC)(NC(N)=O)[Si](OCC)(OCC)OCC. The van der Waals surface area contributed by atoms with Crippen molar-refractivity contribution < 1.29 is 31.4 Å². The van der Waals surface area contributed by atoms with Gasteiger partial charge in [-0.05, 0) is 48.0 Å². The Hall–Kier alpha value is -0.536. The van der Waals surface area contributed by atoms with E-state index in [9.17, 15) is 4.79 Å². The molecule has 0 aliphatic carbocycles. The van der Waals surface area contributed by atoms with Gasteiger partial charge >= 0.3 is 23.6 Å². The van der Waals surface area contributed by atoms with Crippen LogP contribution in [0.25, 0.3) is 0 Å². The number of hydrogen-bond acceptors (Lipinski definition) is 7. The molecule has 11 heteroatoms. The lowest BCUT2D eigenvalue weighted by molar-refractivity contribution is 0.00640. The normalized spacial score (nSPS) is 13.0. The summed E-state index contributed by atoms with van der Waals surface area (Å²) in [5.41, 5.74) is 5.59. The van der Waals surface area contributed by atoms with Gasteiger partial charge in [-0.25, -0.2) is 4.79 Å². The molecule has 3 N–H and O–H groups in total. The lowest BCUT2D eigenvalue weighted by Gasteiger charge is -2.50. The molecule has 0 aromatic carbocycles. The Kier molecular flexibility index (Phi) is 12.6. The first kappa shape index (κ1) is 26.5. The summed E-state index contributed by atoms with van der Waals surface area (Å²) in [5.74, 6) is 0. The number of amides is 2. The van der Waals surface area contributed by atoms with Crippen LogP contribution in [0, 0.1) is 0 Å². The van der Waals surface area contributed by atoms with Gasteiger partial charge in [-0.2, -0.15) is 0 Å². The van der Waals surface area contributed by atoms with E-state index < -0.39 is 28.4 Å².